The molecule has 0 aromatic heterocycles. The van der Waals surface area contributed by atoms with Gasteiger partial charge >= 0.3 is 0 Å². The fraction of sp³-hybridized carbons (Fsp3) is 0.529. The number of piperidine rings is 1. The highest BCUT2D eigenvalue weighted by Gasteiger charge is 2.72. The average Bonchev–Trinajstić information content (AvgIpc) is 3.94. The Balaban J connectivity index is 0.659. The molecule has 6 N–H and O–H groups in total. The van der Waals surface area contributed by atoms with E-state index in [1.165, 1.54) is 4.90 Å². The molecule has 3 aromatic carbocycles. The van der Waals surface area contributed by atoms with E-state index in [2.05, 4.69) is 31.9 Å². The number of nitrogens with zero attached hydrogens (tertiary/aromatic N) is 1. The van der Waals surface area contributed by atoms with Crippen molar-refractivity contribution in [2.45, 2.75) is 112 Å². The molecule has 4 heterocycles. The lowest BCUT2D eigenvalue weighted by Gasteiger charge is -2.47. The van der Waals surface area contributed by atoms with Gasteiger partial charge in [-0.1, -0.05) is 73.3 Å². The zero-order chi connectivity index (χ0) is 47.3. The second-order valence-electron chi connectivity index (χ2n) is 18.9. The van der Waals surface area contributed by atoms with Crippen LogP contribution >= 0.6 is 11.6 Å². The number of amides is 6. The van der Waals surface area contributed by atoms with Crippen LogP contribution < -0.4 is 31.9 Å². The fourth-order valence-corrected chi connectivity index (χ4v) is 12.1. The Bertz CT molecular complexity index is 2370. The summed E-state index contributed by atoms with van der Waals surface area (Å²) >= 11 is 6.44. The molecular formula is C51H62ClN7O9. The van der Waals surface area contributed by atoms with Crippen LogP contribution in [-0.4, -0.2) is 117 Å². The predicted molar refractivity (Wildman–Crippen MR) is 254 cm³/mol. The number of imide groups is 1. The van der Waals surface area contributed by atoms with Gasteiger partial charge < -0.3 is 40.4 Å². The lowest BCUT2D eigenvalue weighted by Crippen LogP contribution is -2.60. The maximum atomic E-state index is 14.6. The van der Waals surface area contributed by atoms with Crippen LogP contribution in [0.2, 0.25) is 5.02 Å². The molecule has 4 atom stereocenters. The molecule has 6 amide bonds. The summed E-state index contributed by atoms with van der Waals surface area (Å²) < 4.78 is 17.0. The summed E-state index contributed by atoms with van der Waals surface area (Å²) in [5.41, 5.74) is 3.15. The van der Waals surface area contributed by atoms with E-state index in [9.17, 15) is 28.8 Å². The van der Waals surface area contributed by atoms with Gasteiger partial charge in [-0.3, -0.25) is 39.4 Å². The molecule has 362 valence electrons. The summed E-state index contributed by atoms with van der Waals surface area (Å²) in [6.07, 6.45) is 7.81. The lowest BCUT2D eigenvalue weighted by molar-refractivity contribution is -0.137. The second kappa shape index (κ2) is 21.1. The van der Waals surface area contributed by atoms with Gasteiger partial charge in [0.2, 0.25) is 29.5 Å². The van der Waals surface area contributed by atoms with Crippen molar-refractivity contribution in [3.8, 4) is 0 Å². The molecule has 0 bridgehead atoms. The molecule has 68 heavy (non-hydrogen) atoms. The second-order valence-corrected chi connectivity index (χ2v) is 19.4. The Labute approximate surface area is 401 Å². The summed E-state index contributed by atoms with van der Waals surface area (Å²) in [6, 6.07) is 19.7. The molecule has 2 saturated carbocycles. The van der Waals surface area contributed by atoms with Gasteiger partial charge in [0.25, 0.3) is 5.91 Å². The van der Waals surface area contributed by atoms with Gasteiger partial charge in [0, 0.05) is 77.0 Å². The molecular weight excluding hydrogens is 890 g/mol. The van der Waals surface area contributed by atoms with Gasteiger partial charge in [-0.15, -0.1) is 0 Å². The Hall–Kier alpha value is -5.39. The normalized spacial score (nSPS) is 26.1. The number of anilines is 2. The number of carbonyl (C=O) groups excluding carboxylic acids is 6. The monoisotopic (exact) mass is 951 g/mol. The van der Waals surface area contributed by atoms with Crippen molar-refractivity contribution in [2.75, 3.05) is 63.4 Å². The van der Waals surface area contributed by atoms with E-state index < -0.39 is 34.9 Å². The zero-order valence-electron chi connectivity index (χ0n) is 38.4. The fourth-order valence-electron chi connectivity index (χ4n) is 11.9. The summed E-state index contributed by atoms with van der Waals surface area (Å²) in [5, 5.41) is 19.6. The molecule has 6 aliphatic rings. The smallest absolute Gasteiger partial charge is 0.255 e. The van der Waals surface area contributed by atoms with E-state index >= 15 is 0 Å². The van der Waals surface area contributed by atoms with Crippen molar-refractivity contribution in [3.05, 3.63) is 94.0 Å². The Morgan fingerprint density at radius 2 is 1.49 bits per heavy atom. The SMILES string of the molecule is O=C1CCC(N2Cc3c(NCCOCCOCCOCCNC(=O)C4CCC(NC(=O)[C@@H]5NC6(CCCCC6)[C@@]6(C(=O)Nc7cc(Cl)ccc76)[C@H]5c5ccccc5)CC4)cccc3C2=O)C(=O)N1. The third-order valence-corrected chi connectivity index (χ3v) is 15.3. The van der Waals surface area contributed by atoms with Crippen molar-refractivity contribution in [1.82, 2.24) is 26.2 Å². The van der Waals surface area contributed by atoms with E-state index in [4.69, 9.17) is 25.8 Å². The molecule has 17 heteroatoms. The third kappa shape index (κ3) is 9.49. The van der Waals surface area contributed by atoms with Crippen LogP contribution in [0.1, 0.15) is 104 Å². The molecule has 2 aliphatic carbocycles. The molecule has 9 rings (SSSR count). The molecule has 0 radical (unpaired) electrons. The quantitative estimate of drug-likeness (QED) is 0.0762. The van der Waals surface area contributed by atoms with Crippen molar-refractivity contribution in [2.24, 2.45) is 5.92 Å². The number of hydrogen-bond acceptors (Lipinski definition) is 11. The highest BCUT2D eigenvalue weighted by atomic mass is 35.5. The van der Waals surface area contributed by atoms with Crippen molar-refractivity contribution in [1.29, 1.82) is 0 Å². The number of nitrogens with one attached hydrogen (secondary N) is 6. The summed E-state index contributed by atoms with van der Waals surface area (Å²) in [7, 11) is 0. The van der Waals surface area contributed by atoms with Crippen LogP contribution in [-0.2, 0) is 50.1 Å². The molecule has 2 spiro atoms. The van der Waals surface area contributed by atoms with E-state index in [0.717, 1.165) is 54.5 Å². The highest BCUT2D eigenvalue weighted by molar-refractivity contribution is 6.31. The van der Waals surface area contributed by atoms with E-state index in [0.29, 0.717) is 108 Å². The van der Waals surface area contributed by atoms with E-state index in [1.54, 1.807) is 12.1 Å². The van der Waals surface area contributed by atoms with Gasteiger partial charge in [0.05, 0.1) is 45.7 Å². The zero-order valence-corrected chi connectivity index (χ0v) is 39.1. The number of ether oxygens (including phenoxy) is 3. The highest BCUT2D eigenvalue weighted by Crippen LogP contribution is 2.62. The minimum absolute atomic E-state index is 0.00519. The number of hydrogen-bond donors (Lipinski definition) is 6. The van der Waals surface area contributed by atoms with Crippen molar-refractivity contribution < 1.29 is 43.0 Å². The van der Waals surface area contributed by atoms with Gasteiger partial charge in [-0.05, 0) is 80.3 Å². The van der Waals surface area contributed by atoms with Gasteiger partial charge in [-0.25, -0.2) is 0 Å². The lowest BCUT2D eigenvalue weighted by atomic mass is 9.55. The molecule has 1 unspecified atom stereocenters. The van der Waals surface area contributed by atoms with Gasteiger partial charge in [0.15, 0.2) is 0 Å². The van der Waals surface area contributed by atoms with E-state index in [1.807, 2.05) is 54.6 Å². The minimum Gasteiger partial charge on any atom is -0.382 e. The number of carbonyl (C=O) groups is 6. The topological polar surface area (TPSA) is 206 Å². The maximum absolute atomic E-state index is 14.6. The largest absolute Gasteiger partial charge is 0.382 e. The number of benzene rings is 3. The van der Waals surface area contributed by atoms with Gasteiger partial charge in [0.1, 0.15) is 11.5 Å². The molecule has 4 aliphatic heterocycles. The number of fused-ring (bicyclic) bond motifs is 4. The first-order chi connectivity index (χ1) is 33.1. The summed E-state index contributed by atoms with van der Waals surface area (Å²) in [5.74, 6) is -1.75. The first kappa shape index (κ1) is 47.7. The summed E-state index contributed by atoms with van der Waals surface area (Å²) in [4.78, 5) is 80.9. The van der Waals surface area contributed by atoms with Crippen LogP contribution in [0.25, 0.3) is 0 Å². The van der Waals surface area contributed by atoms with Crippen molar-refractivity contribution in [3.63, 3.8) is 0 Å². The van der Waals surface area contributed by atoms with Gasteiger partial charge in [-0.2, -0.15) is 0 Å². The average molecular weight is 953 g/mol. The molecule has 16 nitrogen and oxygen atoms in total. The first-order valence-electron chi connectivity index (χ1n) is 24.4. The number of rotatable bonds is 18. The van der Waals surface area contributed by atoms with Crippen LogP contribution in [0, 0.1) is 5.92 Å². The van der Waals surface area contributed by atoms with Crippen LogP contribution in [0.4, 0.5) is 11.4 Å². The Kier molecular flexibility index (Phi) is 14.8. The predicted octanol–water partition coefficient (Wildman–Crippen LogP) is 4.70. The Morgan fingerprint density at radius 1 is 0.765 bits per heavy atom. The van der Waals surface area contributed by atoms with Crippen LogP contribution in [0.5, 0.6) is 0 Å². The third-order valence-electron chi connectivity index (χ3n) is 15.0. The molecule has 4 fully saturated rings. The standard InChI is InChI=1S/C51H62ClN7O9/c52-34-14-17-38-40(30-34)56-49(65)51(38)43(32-8-3-1-4-9-32)44(58-50(51)20-5-2-6-21-50)47(63)55-35-15-12-33(13-16-35)45(61)54-23-25-67-27-29-68-28-26-66-24-22-53-39-11-7-10-36-37(39)31-59(48(36)64)41-18-19-42(60)57-46(41)62/h1,3-4,7-11,14,17,30,33,35,41,43-44,53,58H,2,5-6,12-13,15-16,18-29,31H2,(H,54,61)(H,55,63)(H,56,65)(H,57,60,62)/t33?,35?,41?,43-,44+,51+/m0/s1. The van der Waals surface area contributed by atoms with E-state index in [-0.39, 0.29) is 47.9 Å². The first-order valence-corrected chi connectivity index (χ1v) is 24.7. The van der Waals surface area contributed by atoms with Crippen molar-refractivity contribution >= 4 is 58.4 Å². The molecule has 2 saturated heterocycles. The molecule has 3 aromatic rings. The maximum Gasteiger partial charge on any atom is 0.255 e. The summed E-state index contributed by atoms with van der Waals surface area (Å²) in [6.45, 7) is 3.54. The van der Waals surface area contributed by atoms with Crippen LogP contribution in [0.15, 0.2) is 66.7 Å². The Morgan fingerprint density at radius 3 is 2.22 bits per heavy atom. The number of halogens is 1. The van der Waals surface area contributed by atoms with Crippen LogP contribution in [0.3, 0.4) is 0 Å². The minimum atomic E-state index is -0.996.